The molecule has 0 aromatic heterocycles. The third kappa shape index (κ3) is 5.13. The molecule has 9 heteroatoms. The van der Waals surface area contributed by atoms with Crippen LogP contribution in [0.1, 0.15) is 21.5 Å². The minimum atomic E-state index is -3.73. The van der Waals surface area contributed by atoms with Crippen LogP contribution in [0.4, 0.5) is 0 Å². The summed E-state index contributed by atoms with van der Waals surface area (Å²) in [6.07, 6.45) is 1.58. The molecule has 0 bridgehead atoms. The number of rotatable bonds is 6. The van der Waals surface area contributed by atoms with Gasteiger partial charge in [-0.1, -0.05) is 18.2 Å². The number of nitrogens with two attached hydrogens (primary N) is 1. The van der Waals surface area contributed by atoms with Crippen molar-refractivity contribution in [2.24, 2.45) is 5.14 Å². The summed E-state index contributed by atoms with van der Waals surface area (Å²) in [7, 11) is -7.12. The van der Waals surface area contributed by atoms with Gasteiger partial charge in [-0.15, -0.1) is 0 Å². The summed E-state index contributed by atoms with van der Waals surface area (Å²) >= 11 is 0. The maximum absolute atomic E-state index is 12.3. The molecule has 1 amide bonds. The van der Waals surface area contributed by atoms with E-state index >= 15 is 0 Å². The molecule has 3 N–H and O–H groups in total. The van der Waals surface area contributed by atoms with E-state index in [-0.39, 0.29) is 15.7 Å². The number of aryl methyl sites for hydroxylation is 1. The summed E-state index contributed by atoms with van der Waals surface area (Å²) in [4.78, 5) is 12.4. The summed E-state index contributed by atoms with van der Waals surface area (Å²) < 4.78 is 45.7. The van der Waals surface area contributed by atoms with Gasteiger partial charge in [-0.25, -0.2) is 22.0 Å². The summed E-state index contributed by atoms with van der Waals surface area (Å²) in [5.41, 5.74) is 1.81. The molecule has 0 saturated carbocycles. The number of sulfonamides is 1. The van der Waals surface area contributed by atoms with Crippen LogP contribution < -0.4 is 10.5 Å². The smallest absolute Gasteiger partial charge is 0.251 e. The van der Waals surface area contributed by atoms with Gasteiger partial charge in [0.1, 0.15) is 0 Å². The Bertz CT molecular complexity index is 1030. The van der Waals surface area contributed by atoms with Crippen LogP contribution in [0, 0.1) is 6.92 Å². The van der Waals surface area contributed by atoms with Crippen molar-refractivity contribution >= 4 is 25.8 Å². The van der Waals surface area contributed by atoms with E-state index in [0.717, 1.165) is 11.8 Å². The van der Waals surface area contributed by atoms with Gasteiger partial charge in [0.15, 0.2) is 9.84 Å². The first-order chi connectivity index (χ1) is 12.0. The minimum absolute atomic E-state index is 0.0264. The van der Waals surface area contributed by atoms with Crippen LogP contribution in [-0.2, 0) is 26.3 Å². The van der Waals surface area contributed by atoms with Crippen LogP contribution in [0.15, 0.2) is 52.3 Å². The van der Waals surface area contributed by atoms with Crippen LogP contribution >= 0.6 is 0 Å². The number of hydrogen-bond donors (Lipinski definition) is 2. The quantitative estimate of drug-likeness (QED) is 0.754. The Morgan fingerprint density at radius 1 is 1.00 bits per heavy atom. The van der Waals surface area contributed by atoms with E-state index in [1.54, 1.807) is 25.1 Å². The van der Waals surface area contributed by atoms with Gasteiger partial charge in [-0.2, -0.15) is 0 Å². The molecule has 0 radical (unpaired) electrons. The number of nitrogens with one attached hydrogen (secondary N) is 1. The Hall–Kier alpha value is -2.23. The summed E-state index contributed by atoms with van der Waals surface area (Å²) in [5.74, 6) is -0.367. The van der Waals surface area contributed by atoms with Crippen molar-refractivity contribution in [1.29, 1.82) is 0 Å². The first kappa shape index (κ1) is 20.1. The highest BCUT2D eigenvalue weighted by molar-refractivity contribution is 7.90. The second-order valence-electron chi connectivity index (χ2n) is 5.94. The van der Waals surface area contributed by atoms with Crippen molar-refractivity contribution in [3.63, 3.8) is 0 Å². The average molecular weight is 396 g/mol. The molecule has 0 saturated heterocycles. The molecule has 140 valence electrons. The monoisotopic (exact) mass is 396 g/mol. The fourth-order valence-corrected chi connectivity index (χ4v) is 3.50. The highest BCUT2D eigenvalue weighted by atomic mass is 32.2. The lowest BCUT2D eigenvalue weighted by atomic mass is 10.1. The zero-order valence-electron chi connectivity index (χ0n) is 14.4. The van der Waals surface area contributed by atoms with Gasteiger partial charge in [-0.05, 0) is 48.7 Å². The van der Waals surface area contributed by atoms with Gasteiger partial charge in [0.05, 0.1) is 9.79 Å². The van der Waals surface area contributed by atoms with Gasteiger partial charge >= 0.3 is 0 Å². The number of carbonyl (C=O) groups excluding carboxylic acids is 1. The van der Waals surface area contributed by atoms with Crippen molar-refractivity contribution in [2.45, 2.75) is 23.1 Å². The van der Waals surface area contributed by atoms with Crippen molar-refractivity contribution < 1.29 is 21.6 Å². The van der Waals surface area contributed by atoms with E-state index in [9.17, 15) is 21.6 Å². The maximum atomic E-state index is 12.3. The predicted molar refractivity (Wildman–Crippen MR) is 98.1 cm³/mol. The first-order valence-corrected chi connectivity index (χ1v) is 11.1. The second kappa shape index (κ2) is 7.56. The Labute approximate surface area is 153 Å². The zero-order chi connectivity index (χ0) is 19.5. The fraction of sp³-hybridized carbons (Fsp3) is 0.235. The first-order valence-electron chi connectivity index (χ1n) is 7.69. The fourth-order valence-electron chi connectivity index (χ4n) is 2.34. The molecule has 2 aromatic rings. The maximum Gasteiger partial charge on any atom is 0.251 e. The summed E-state index contributed by atoms with van der Waals surface area (Å²) in [6.45, 7) is 2.04. The van der Waals surface area contributed by atoms with Crippen molar-refractivity contribution in [3.8, 4) is 0 Å². The number of carbonyl (C=O) groups is 1. The third-order valence-corrected chi connectivity index (χ3v) is 5.87. The third-order valence-electron chi connectivity index (χ3n) is 3.83. The highest BCUT2D eigenvalue weighted by Gasteiger charge is 2.14. The Balaban J connectivity index is 2.03. The molecular formula is C17H20N2O5S2. The summed E-state index contributed by atoms with van der Waals surface area (Å²) in [6, 6.07) is 10.5. The number of sulfone groups is 1. The lowest BCUT2D eigenvalue weighted by molar-refractivity contribution is 0.0953. The Kier molecular flexibility index (Phi) is 5.84. The van der Waals surface area contributed by atoms with Gasteiger partial charge in [-0.3, -0.25) is 4.79 Å². The molecule has 0 aliphatic heterocycles. The van der Waals surface area contributed by atoms with E-state index in [4.69, 9.17) is 5.14 Å². The predicted octanol–water partition coefficient (Wildman–Crippen LogP) is 1.02. The number of hydrogen-bond acceptors (Lipinski definition) is 5. The molecule has 0 aliphatic carbocycles. The molecule has 2 rings (SSSR count). The SMILES string of the molecule is Cc1ccc(S(C)(=O)=O)cc1C(=O)NCCc1ccc(S(N)(=O)=O)cc1. The molecule has 0 atom stereocenters. The molecule has 0 heterocycles. The van der Waals surface area contributed by atoms with E-state index < -0.39 is 19.9 Å². The van der Waals surface area contributed by atoms with E-state index in [1.165, 1.54) is 24.3 Å². The van der Waals surface area contributed by atoms with Gasteiger partial charge in [0.25, 0.3) is 5.91 Å². The van der Waals surface area contributed by atoms with Crippen molar-refractivity contribution in [1.82, 2.24) is 5.32 Å². The highest BCUT2D eigenvalue weighted by Crippen LogP contribution is 2.15. The Morgan fingerprint density at radius 3 is 2.12 bits per heavy atom. The van der Waals surface area contributed by atoms with Gasteiger partial charge in [0.2, 0.25) is 10.0 Å². The standard InChI is InChI=1S/C17H20N2O5S2/c1-12-3-6-15(25(2,21)22)11-16(12)17(20)19-10-9-13-4-7-14(8-5-13)26(18,23)24/h3-8,11H,9-10H2,1-2H3,(H,19,20)(H2,18,23,24). The zero-order valence-corrected chi connectivity index (χ0v) is 16.0. The Morgan fingerprint density at radius 2 is 1.58 bits per heavy atom. The molecule has 0 unspecified atom stereocenters. The molecule has 7 nitrogen and oxygen atoms in total. The molecule has 0 spiro atoms. The lowest BCUT2D eigenvalue weighted by Crippen LogP contribution is -2.26. The van der Waals surface area contributed by atoms with E-state index in [0.29, 0.717) is 24.1 Å². The largest absolute Gasteiger partial charge is 0.352 e. The van der Waals surface area contributed by atoms with Crippen molar-refractivity contribution in [3.05, 3.63) is 59.2 Å². The number of primary sulfonamides is 1. The van der Waals surface area contributed by atoms with Crippen LogP contribution in [0.5, 0.6) is 0 Å². The average Bonchev–Trinajstić information content (AvgIpc) is 2.53. The van der Waals surface area contributed by atoms with Crippen LogP contribution in [-0.4, -0.2) is 35.5 Å². The van der Waals surface area contributed by atoms with Gasteiger partial charge in [0, 0.05) is 18.4 Å². The summed E-state index contributed by atoms with van der Waals surface area (Å²) in [5, 5.41) is 7.78. The number of amides is 1. The van der Waals surface area contributed by atoms with E-state index in [1.807, 2.05) is 0 Å². The minimum Gasteiger partial charge on any atom is -0.352 e. The number of benzene rings is 2. The van der Waals surface area contributed by atoms with Crippen LogP contribution in [0.25, 0.3) is 0 Å². The molecule has 0 fully saturated rings. The molecular weight excluding hydrogens is 376 g/mol. The van der Waals surface area contributed by atoms with Gasteiger partial charge < -0.3 is 5.32 Å². The molecule has 0 aliphatic rings. The van der Waals surface area contributed by atoms with Crippen LogP contribution in [0.3, 0.4) is 0 Å². The van der Waals surface area contributed by atoms with E-state index in [2.05, 4.69) is 5.32 Å². The second-order valence-corrected chi connectivity index (χ2v) is 9.52. The normalized spacial score (nSPS) is 12.0. The van der Waals surface area contributed by atoms with Crippen molar-refractivity contribution in [2.75, 3.05) is 12.8 Å². The lowest BCUT2D eigenvalue weighted by Gasteiger charge is -2.09. The molecule has 26 heavy (non-hydrogen) atoms. The topological polar surface area (TPSA) is 123 Å². The van der Waals surface area contributed by atoms with Crippen LogP contribution in [0.2, 0.25) is 0 Å². The molecule has 2 aromatic carbocycles.